The first kappa shape index (κ1) is 16.7. The summed E-state index contributed by atoms with van der Waals surface area (Å²) in [4.78, 5) is 0. The Balaban J connectivity index is 2.58. The third-order valence-corrected chi connectivity index (χ3v) is 2.75. The second kappa shape index (κ2) is 7.44. The van der Waals surface area contributed by atoms with Gasteiger partial charge in [0.05, 0.1) is 7.11 Å². The highest BCUT2D eigenvalue weighted by Crippen LogP contribution is 2.24. The van der Waals surface area contributed by atoms with Crippen LogP contribution >= 0.6 is 0 Å². The molecule has 20 heavy (non-hydrogen) atoms. The zero-order valence-electron chi connectivity index (χ0n) is 11.3. The minimum Gasteiger partial charge on any atom is -0.497 e. The van der Waals surface area contributed by atoms with Crippen molar-refractivity contribution in [3.63, 3.8) is 0 Å². The first-order valence-electron chi connectivity index (χ1n) is 6.02. The normalized spacial score (nSPS) is 13.3. The number of halogens is 4. The van der Waals surface area contributed by atoms with Crippen molar-refractivity contribution in [1.29, 1.82) is 0 Å². The first-order chi connectivity index (χ1) is 9.37. The van der Waals surface area contributed by atoms with Crippen LogP contribution in [0.4, 0.5) is 17.6 Å². The molecule has 0 radical (unpaired) electrons. The monoisotopic (exact) mass is 295 g/mol. The SMILES string of the molecule is CNC(CCOCC(F)(F)F)c1ccc(OC)cc1F. The molecule has 114 valence electrons. The minimum absolute atomic E-state index is 0.115. The van der Waals surface area contributed by atoms with E-state index in [1.54, 1.807) is 19.2 Å². The van der Waals surface area contributed by atoms with Crippen LogP contribution in [-0.2, 0) is 4.74 Å². The van der Waals surface area contributed by atoms with Crippen molar-refractivity contribution < 1.29 is 27.0 Å². The van der Waals surface area contributed by atoms with Crippen LogP contribution in [0.5, 0.6) is 5.75 Å². The van der Waals surface area contributed by atoms with Crippen LogP contribution in [0.15, 0.2) is 18.2 Å². The molecular formula is C13H17F4NO2. The molecule has 0 aliphatic rings. The molecule has 0 saturated heterocycles. The Kier molecular flexibility index (Phi) is 6.22. The van der Waals surface area contributed by atoms with E-state index < -0.39 is 24.6 Å². The molecule has 0 amide bonds. The zero-order chi connectivity index (χ0) is 15.2. The molecule has 1 aromatic rings. The van der Waals surface area contributed by atoms with E-state index in [1.807, 2.05) is 0 Å². The van der Waals surface area contributed by atoms with Crippen LogP contribution in [-0.4, -0.2) is 33.5 Å². The summed E-state index contributed by atoms with van der Waals surface area (Å²) in [5, 5.41) is 2.85. The number of methoxy groups -OCH3 is 1. The van der Waals surface area contributed by atoms with Gasteiger partial charge in [-0.1, -0.05) is 6.07 Å². The lowest BCUT2D eigenvalue weighted by molar-refractivity contribution is -0.174. The lowest BCUT2D eigenvalue weighted by Gasteiger charge is -2.18. The fraction of sp³-hybridized carbons (Fsp3) is 0.538. The molecule has 1 atom stereocenters. The molecule has 0 spiro atoms. The summed E-state index contributed by atoms with van der Waals surface area (Å²) in [6, 6.07) is 3.95. The molecule has 1 rings (SSSR count). The van der Waals surface area contributed by atoms with Gasteiger partial charge in [0.25, 0.3) is 0 Å². The van der Waals surface area contributed by atoms with Crippen molar-refractivity contribution in [3.05, 3.63) is 29.6 Å². The fourth-order valence-corrected chi connectivity index (χ4v) is 1.76. The molecule has 3 nitrogen and oxygen atoms in total. The lowest BCUT2D eigenvalue weighted by Crippen LogP contribution is -2.22. The number of hydrogen-bond acceptors (Lipinski definition) is 3. The predicted octanol–water partition coefficient (Wildman–Crippen LogP) is 3.06. The molecular weight excluding hydrogens is 278 g/mol. The van der Waals surface area contributed by atoms with Gasteiger partial charge < -0.3 is 14.8 Å². The van der Waals surface area contributed by atoms with Gasteiger partial charge >= 0.3 is 6.18 Å². The van der Waals surface area contributed by atoms with Gasteiger partial charge in [-0.2, -0.15) is 13.2 Å². The van der Waals surface area contributed by atoms with E-state index in [1.165, 1.54) is 13.2 Å². The summed E-state index contributed by atoms with van der Waals surface area (Å²) in [5.74, 6) is -0.0889. The average molecular weight is 295 g/mol. The van der Waals surface area contributed by atoms with Crippen molar-refractivity contribution in [2.45, 2.75) is 18.6 Å². The number of nitrogens with one attached hydrogen (secondary N) is 1. The largest absolute Gasteiger partial charge is 0.497 e. The van der Waals surface area contributed by atoms with Gasteiger partial charge in [-0.15, -0.1) is 0 Å². The molecule has 0 heterocycles. The van der Waals surface area contributed by atoms with Crippen LogP contribution in [0.3, 0.4) is 0 Å². The van der Waals surface area contributed by atoms with E-state index in [2.05, 4.69) is 10.1 Å². The Bertz CT molecular complexity index is 423. The number of ether oxygens (including phenoxy) is 2. The standard InChI is InChI=1S/C13H17F4NO2/c1-18-12(5-6-20-8-13(15,16)17)10-4-3-9(19-2)7-11(10)14/h3-4,7,12,18H,5-6,8H2,1-2H3. The molecule has 1 N–H and O–H groups in total. The molecule has 1 unspecified atom stereocenters. The van der Waals surface area contributed by atoms with E-state index in [0.717, 1.165) is 0 Å². The summed E-state index contributed by atoms with van der Waals surface area (Å²) in [6.45, 7) is -1.41. The molecule has 7 heteroatoms. The van der Waals surface area contributed by atoms with Crippen molar-refractivity contribution in [3.8, 4) is 5.75 Å². The molecule has 0 aliphatic heterocycles. The highest BCUT2D eigenvalue weighted by molar-refractivity contribution is 5.30. The summed E-state index contributed by atoms with van der Waals surface area (Å²) in [7, 11) is 3.03. The fourth-order valence-electron chi connectivity index (χ4n) is 1.76. The summed E-state index contributed by atoms with van der Waals surface area (Å²) >= 11 is 0. The third kappa shape index (κ3) is 5.34. The van der Waals surface area contributed by atoms with Crippen molar-refractivity contribution in [1.82, 2.24) is 5.32 Å². The maximum atomic E-state index is 13.8. The zero-order valence-corrected chi connectivity index (χ0v) is 11.3. The van der Waals surface area contributed by atoms with Gasteiger partial charge in [0.15, 0.2) is 0 Å². The van der Waals surface area contributed by atoms with Gasteiger partial charge in [0.2, 0.25) is 0 Å². The van der Waals surface area contributed by atoms with Crippen molar-refractivity contribution in [2.24, 2.45) is 0 Å². The van der Waals surface area contributed by atoms with Gasteiger partial charge in [0, 0.05) is 24.3 Å². The van der Waals surface area contributed by atoms with E-state index >= 15 is 0 Å². The van der Waals surface area contributed by atoms with Crippen LogP contribution in [0.25, 0.3) is 0 Å². The lowest BCUT2D eigenvalue weighted by atomic mass is 10.0. The van der Waals surface area contributed by atoms with Gasteiger partial charge in [-0.25, -0.2) is 4.39 Å². The number of benzene rings is 1. The van der Waals surface area contributed by atoms with E-state index in [0.29, 0.717) is 11.3 Å². The second-order valence-electron chi connectivity index (χ2n) is 4.19. The van der Waals surface area contributed by atoms with E-state index in [-0.39, 0.29) is 13.0 Å². The molecule has 0 fully saturated rings. The predicted molar refractivity (Wildman–Crippen MR) is 66.2 cm³/mol. The number of hydrogen-bond donors (Lipinski definition) is 1. The van der Waals surface area contributed by atoms with Gasteiger partial charge in [-0.05, 0) is 19.5 Å². The Morgan fingerprint density at radius 2 is 2.00 bits per heavy atom. The summed E-state index contributed by atoms with van der Waals surface area (Å²) in [5.41, 5.74) is 0.365. The van der Waals surface area contributed by atoms with Gasteiger partial charge in [0.1, 0.15) is 18.2 Å². The van der Waals surface area contributed by atoms with E-state index in [9.17, 15) is 17.6 Å². The molecule has 0 saturated carbocycles. The molecule has 1 aromatic carbocycles. The number of alkyl halides is 3. The van der Waals surface area contributed by atoms with Gasteiger partial charge in [-0.3, -0.25) is 0 Å². The topological polar surface area (TPSA) is 30.5 Å². The van der Waals surface area contributed by atoms with Crippen molar-refractivity contribution >= 4 is 0 Å². The van der Waals surface area contributed by atoms with Crippen LogP contribution in [0, 0.1) is 5.82 Å². The van der Waals surface area contributed by atoms with Crippen LogP contribution < -0.4 is 10.1 Å². The van der Waals surface area contributed by atoms with Crippen molar-refractivity contribution in [2.75, 3.05) is 27.4 Å². The first-order valence-corrected chi connectivity index (χ1v) is 6.02. The minimum atomic E-state index is -4.35. The summed E-state index contributed by atoms with van der Waals surface area (Å²) < 4.78 is 59.0. The Morgan fingerprint density at radius 3 is 2.50 bits per heavy atom. The Hall–Kier alpha value is -1.34. The Morgan fingerprint density at radius 1 is 1.30 bits per heavy atom. The van der Waals surface area contributed by atoms with E-state index in [4.69, 9.17) is 4.74 Å². The number of rotatable bonds is 7. The second-order valence-corrected chi connectivity index (χ2v) is 4.19. The molecule has 0 aliphatic carbocycles. The van der Waals surface area contributed by atoms with Crippen LogP contribution in [0.1, 0.15) is 18.0 Å². The smallest absolute Gasteiger partial charge is 0.411 e. The maximum Gasteiger partial charge on any atom is 0.411 e. The Labute approximate surface area is 114 Å². The van der Waals surface area contributed by atoms with Crippen LogP contribution in [0.2, 0.25) is 0 Å². The summed E-state index contributed by atoms with van der Waals surface area (Å²) in [6.07, 6.45) is -4.11. The third-order valence-electron chi connectivity index (χ3n) is 2.75. The highest BCUT2D eigenvalue weighted by atomic mass is 19.4. The molecule has 0 bridgehead atoms. The average Bonchev–Trinajstić information content (AvgIpc) is 2.38. The maximum absolute atomic E-state index is 13.8. The molecule has 0 aromatic heterocycles. The quantitative estimate of drug-likeness (QED) is 0.619. The highest BCUT2D eigenvalue weighted by Gasteiger charge is 2.27.